The van der Waals surface area contributed by atoms with Gasteiger partial charge in [-0.1, -0.05) is 24.3 Å². The molecule has 0 aliphatic rings. The van der Waals surface area contributed by atoms with Crippen molar-refractivity contribution in [3.05, 3.63) is 64.8 Å². The van der Waals surface area contributed by atoms with Crippen LogP contribution in [0.4, 0.5) is 0 Å². The van der Waals surface area contributed by atoms with Gasteiger partial charge in [0.25, 0.3) is 5.91 Å². The number of carbonyl (C=O) groups is 1. The van der Waals surface area contributed by atoms with Crippen LogP contribution in [0.15, 0.2) is 47.4 Å². The molecular weight excluding hydrogens is 362 g/mol. The minimum absolute atomic E-state index is 0.174. The zero-order valence-corrected chi connectivity index (χ0v) is 16.6. The lowest BCUT2D eigenvalue weighted by Gasteiger charge is -2.12. The first kappa shape index (κ1) is 19.1. The molecule has 3 rings (SSSR count). The molecular formula is C20H23N3O3S. The number of aromatic amines is 1. The number of sulfonamides is 1. The second-order valence-electron chi connectivity index (χ2n) is 6.72. The van der Waals surface area contributed by atoms with E-state index in [4.69, 9.17) is 0 Å². The van der Waals surface area contributed by atoms with Gasteiger partial charge in [0, 0.05) is 31.7 Å². The first-order chi connectivity index (χ1) is 12.7. The highest BCUT2D eigenvalue weighted by Gasteiger charge is 2.17. The SMILES string of the molecule is Cc1[nH]c2c(C(=O)NCc3ccc(S(=O)(=O)N(C)C)cc3)cccc2c1C. The van der Waals surface area contributed by atoms with Crippen molar-refractivity contribution >= 4 is 26.8 Å². The van der Waals surface area contributed by atoms with Crippen LogP contribution >= 0.6 is 0 Å². The topological polar surface area (TPSA) is 82.3 Å². The summed E-state index contributed by atoms with van der Waals surface area (Å²) in [5.74, 6) is -0.174. The van der Waals surface area contributed by atoms with Crippen molar-refractivity contribution in [3.8, 4) is 0 Å². The number of rotatable bonds is 5. The van der Waals surface area contributed by atoms with E-state index in [0.717, 1.165) is 27.7 Å². The van der Waals surface area contributed by atoms with E-state index in [9.17, 15) is 13.2 Å². The Morgan fingerprint density at radius 2 is 1.74 bits per heavy atom. The third kappa shape index (κ3) is 3.61. The van der Waals surface area contributed by atoms with E-state index in [-0.39, 0.29) is 10.8 Å². The standard InChI is InChI=1S/C20H23N3O3S/c1-13-14(2)22-19-17(13)6-5-7-18(19)20(24)21-12-15-8-10-16(11-9-15)27(25,26)23(3)4/h5-11,22H,12H2,1-4H3,(H,21,24). The number of amides is 1. The lowest BCUT2D eigenvalue weighted by Crippen LogP contribution is -2.23. The van der Waals surface area contributed by atoms with Crippen LogP contribution in [0, 0.1) is 13.8 Å². The molecule has 1 heterocycles. The summed E-state index contributed by atoms with van der Waals surface area (Å²) in [4.78, 5) is 16.1. The summed E-state index contributed by atoms with van der Waals surface area (Å²) >= 11 is 0. The molecule has 0 fully saturated rings. The Bertz CT molecular complexity index is 1100. The molecule has 1 aromatic heterocycles. The van der Waals surface area contributed by atoms with Crippen molar-refractivity contribution in [2.24, 2.45) is 0 Å². The molecule has 142 valence electrons. The van der Waals surface area contributed by atoms with Gasteiger partial charge in [0.2, 0.25) is 10.0 Å². The Balaban J connectivity index is 1.76. The molecule has 2 aromatic carbocycles. The van der Waals surface area contributed by atoms with Crippen molar-refractivity contribution in [1.29, 1.82) is 0 Å². The lowest BCUT2D eigenvalue weighted by molar-refractivity contribution is 0.0952. The molecule has 0 spiro atoms. The first-order valence-electron chi connectivity index (χ1n) is 8.59. The van der Waals surface area contributed by atoms with E-state index in [0.29, 0.717) is 12.1 Å². The van der Waals surface area contributed by atoms with Gasteiger partial charge in [-0.2, -0.15) is 0 Å². The quantitative estimate of drug-likeness (QED) is 0.708. The number of carbonyl (C=O) groups excluding carboxylic acids is 1. The van der Waals surface area contributed by atoms with Gasteiger partial charge < -0.3 is 10.3 Å². The molecule has 27 heavy (non-hydrogen) atoms. The monoisotopic (exact) mass is 385 g/mol. The van der Waals surface area contributed by atoms with E-state index in [1.54, 1.807) is 30.3 Å². The van der Waals surface area contributed by atoms with Gasteiger partial charge in [0.15, 0.2) is 0 Å². The van der Waals surface area contributed by atoms with Crippen molar-refractivity contribution in [2.45, 2.75) is 25.3 Å². The maximum absolute atomic E-state index is 12.6. The summed E-state index contributed by atoms with van der Waals surface area (Å²) in [7, 11) is -0.464. The molecule has 2 N–H and O–H groups in total. The number of nitrogens with one attached hydrogen (secondary N) is 2. The number of nitrogens with zero attached hydrogens (tertiary/aromatic N) is 1. The fourth-order valence-corrected chi connectivity index (χ4v) is 3.84. The molecule has 1 amide bonds. The maximum atomic E-state index is 12.6. The molecule has 0 atom stereocenters. The van der Waals surface area contributed by atoms with Gasteiger partial charge in [-0.3, -0.25) is 4.79 Å². The fourth-order valence-electron chi connectivity index (χ4n) is 2.94. The maximum Gasteiger partial charge on any atom is 0.253 e. The van der Waals surface area contributed by atoms with Gasteiger partial charge in [0.05, 0.1) is 16.0 Å². The number of hydrogen-bond donors (Lipinski definition) is 2. The average molecular weight is 385 g/mol. The second-order valence-corrected chi connectivity index (χ2v) is 8.87. The smallest absolute Gasteiger partial charge is 0.253 e. The van der Waals surface area contributed by atoms with Crippen LogP contribution in [0.5, 0.6) is 0 Å². The van der Waals surface area contributed by atoms with Gasteiger partial charge in [0.1, 0.15) is 0 Å². The van der Waals surface area contributed by atoms with Crippen molar-refractivity contribution in [3.63, 3.8) is 0 Å². The molecule has 7 heteroatoms. The molecule has 0 unspecified atom stereocenters. The zero-order valence-electron chi connectivity index (χ0n) is 15.8. The summed E-state index contributed by atoms with van der Waals surface area (Å²) in [5.41, 5.74) is 4.43. The molecule has 0 saturated heterocycles. The first-order valence-corrected chi connectivity index (χ1v) is 10.0. The summed E-state index contributed by atoms with van der Waals surface area (Å²) < 4.78 is 25.4. The van der Waals surface area contributed by atoms with Crippen molar-refractivity contribution in [2.75, 3.05) is 14.1 Å². The highest BCUT2D eigenvalue weighted by Crippen LogP contribution is 2.24. The predicted molar refractivity (Wildman–Crippen MR) is 106 cm³/mol. The normalized spacial score (nSPS) is 11.9. The predicted octanol–water partition coefficient (Wildman–Crippen LogP) is 2.97. The highest BCUT2D eigenvalue weighted by atomic mass is 32.2. The molecule has 0 radical (unpaired) electrons. The minimum Gasteiger partial charge on any atom is -0.358 e. The van der Waals surface area contributed by atoms with E-state index < -0.39 is 10.0 Å². The van der Waals surface area contributed by atoms with Gasteiger partial charge in [-0.25, -0.2) is 12.7 Å². The Morgan fingerprint density at radius 1 is 1.07 bits per heavy atom. The van der Waals surface area contributed by atoms with Gasteiger partial charge in [-0.15, -0.1) is 0 Å². The Morgan fingerprint density at radius 3 is 2.37 bits per heavy atom. The van der Waals surface area contributed by atoms with Crippen LogP contribution in [0.3, 0.4) is 0 Å². The van der Waals surface area contributed by atoms with E-state index in [1.807, 2.05) is 26.0 Å². The van der Waals surface area contributed by atoms with Crippen LogP contribution in [0.1, 0.15) is 27.2 Å². The number of fused-ring (bicyclic) bond motifs is 1. The van der Waals surface area contributed by atoms with Crippen LogP contribution in [-0.4, -0.2) is 37.7 Å². The molecule has 0 saturated carbocycles. The second kappa shape index (κ2) is 7.17. The summed E-state index contributed by atoms with van der Waals surface area (Å²) in [5, 5.41) is 3.94. The largest absolute Gasteiger partial charge is 0.358 e. The minimum atomic E-state index is -3.45. The van der Waals surface area contributed by atoms with Gasteiger partial charge >= 0.3 is 0 Å². The van der Waals surface area contributed by atoms with Crippen LogP contribution < -0.4 is 5.32 Å². The molecule has 0 aliphatic heterocycles. The molecule has 0 bridgehead atoms. The number of aromatic nitrogens is 1. The van der Waals surface area contributed by atoms with Crippen LogP contribution in [0.2, 0.25) is 0 Å². The third-order valence-electron chi connectivity index (χ3n) is 4.74. The molecule has 3 aromatic rings. The van der Waals surface area contributed by atoms with Crippen molar-refractivity contribution < 1.29 is 13.2 Å². The third-order valence-corrected chi connectivity index (χ3v) is 6.57. The number of hydrogen-bond acceptors (Lipinski definition) is 3. The number of H-pyrrole nitrogens is 1. The molecule has 6 nitrogen and oxygen atoms in total. The number of para-hydroxylation sites is 1. The average Bonchev–Trinajstić information content (AvgIpc) is 2.94. The van der Waals surface area contributed by atoms with E-state index >= 15 is 0 Å². The Hall–Kier alpha value is -2.64. The summed E-state index contributed by atoms with van der Waals surface area (Å²) in [6, 6.07) is 12.2. The fraction of sp³-hybridized carbons (Fsp3) is 0.250. The van der Waals surface area contributed by atoms with Crippen LogP contribution in [0.25, 0.3) is 10.9 Å². The zero-order chi connectivity index (χ0) is 19.8. The summed E-state index contributed by atoms with van der Waals surface area (Å²) in [6.07, 6.45) is 0. The van der Waals surface area contributed by atoms with Gasteiger partial charge in [-0.05, 0) is 43.2 Å². The van der Waals surface area contributed by atoms with E-state index in [2.05, 4.69) is 10.3 Å². The number of aryl methyl sites for hydroxylation is 2. The molecule has 0 aliphatic carbocycles. The van der Waals surface area contributed by atoms with Crippen LogP contribution in [-0.2, 0) is 16.6 Å². The van der Waals surface area contributed by atoms with E-state index in [1.165, 1.54) is 18.4 Å². The van der Waals surface area contributed by atoms with Crippen molar-refractivity contribution in [1.82, 2.24) is 14.6 Å². The lowest BCUT2D eigenvalue weighted by atomic mass is 10.1. The Kier molecular flexibility index (Phi) is 5.08. The number of benzene rings is 2. The highest BCUT2D eigenvalue weighted by molar-refractivity contribution is 7.89. The Labute approximate surface area is 159 Å². The summed E-state index contributed by atoms with van der Waals surface area (Å²) in [6.45, 7) is 4.33.